The first-order chi connectivity index (χ1) is 9.84. The maximum Gasteiger partial charge on any atom is 0.243 e. The summed E-state index contributed by atoms with van der Waals surface area (Å²) >= 11 is 6.78. The molecule has 2 aromatic rings. The van der Waals surface area contributed by atoms with Crippen molar-refractivity contribution >= 4 is 41.9 Å². The molecule has 112 valence electrons. The molecular formula is C15H15Br2NO2S. The molecule has 3 nitrogen and oxygen atoms in total. The van der Waals surface area contributed by atoms with Crippen LogP contribution in [0.4, 0.5) is 0 Å². The molecule has 2 rings (SSSR count). The van der Waals surface area contributed by atoms with Crippen molar-refractivity contribution in [3.8, 4) is 0 Å². The molecule has 6 heteroatoms. The van der Waals surface area contributed by atoms with Gasteiger partial charge < -0.3 is 0 Å². The summed E-state index contributed by atoms with van der Waals surface area (Å²) in [6.45, 7) is 1.87. The summed E-state index contributed by atoms with van der Waals surface area (Å²) < 4.78 is 28.5. The van der Waals surface area contributed by atoms with Gasteiger partial charge in [-0.25, -0.2) is 8.42 Å². The first-order valence-electron chi connectivity index (χ1n) is 6.32. The fourth-order valence-corrected chi connectivity index (χ4v) is 4.21. The Morgan fingerprint density at radius 2 is 1.57 bits per heavy atom. The normalized spacial score (nSPS) is 13.4. The van der Waals surface area contributed by atoms with Gasteiger partial charge in [-0.1, -0.05) is 50.1 Å². The molecule has 0 N–H and O–H groups in total. The average molecular weight is 433 g/mol. The minimum Gasteiger partial charge on any atom is -0.207 e. The molecule has 0 aliphatic heterocycles. The summed E-state index contributed by atoms with van der Waals surface area (Å²) in [5, 5.41) is 0. The fraction of sp³-hybridized carbons (Fsp3) is 0.200. The van der Waals surface area contributed by atoms with Crippen LogP contribution < -0.4 is 0 Å². The second-order valence-electron chi connectivity index (χ2n) is 4.67. The molecule has 2 aromatic carbocycles. The van der Waals surface area contributed by atoms with Gasteiger partial charge in [-0.15, -0.1) is 0 Å². The highest BCUT2D eigenvalue weighted by molar-refractivity contribution is 9.10. The van der Waals surface area contributed by atoms with Crippen molar-refractivity contribution in [3.05, 3.63) is 63.0 Å². The lowest BCUT2D eigenvalue weighted by Gasteiger charge is -2.25. The van der Waals surface area contributed by atoms with Crippen LogP contribution in [0, 0.1) is 0 Å². The maximum absolute atomic E-state index is 12.7. The lowest BCUT2D eigenvalue weighted by molar-refractivity contribution is 0.397. The predicted molar refractivity (Wildman–Crippen MR) is 91.6 cm³/mol. The standard InChI is InChI=1S/C15H15Br2NO2S/c1-11(14-5-3-4-6-15(14)17)18(2)21(19,20)13-9-7-12(16)8-10-13/h3-11H,1-2H3. The van der Waals surface area contributed by atoms with Gasteiger partial charge in [-0.05, 0) is 42.8 Å². The maximum atomic E-state index is 12.7. The van der Waals surface area contributed by atoms with Gasteiger partial charge in [0.1, 0.15) is 0 Å². The van der Waals surface area contributed by atoms with Gasteiger partial charge in [0.05, 0.1) is 4.90 Å². The monoisotopic (exact) mass is 431 g/mol. The number of benzene rings is 2. The summed E-state index contributed by atoms with van der Waals surface area (Å²) in [5.41, 5.74) is 0.931. The molecule has 0 saturated carbocycles. The molecule has 0 aliphatic rings. The molecule has 0 aromatic heterocycles. The highest BCUT2D eigenvalue weighted by Crippen LogP contribution is 2.30. The van der Waals surface area contributed by atoms with E-state index in [-0.39, 0.29) is 10.9 Å². The fourth-order valence-electron chi connectivity index (χ4n) is 1.99. The van der Waals surface area contributed by atoms with Crippen molar-refractivity contribution in [1.82, 2.24) is 4.31 Å². The van der Waals surface area contributed by atoms with Crippen molar-refractivity contribution in [3.63, 3.8) is 0 Å². The van der Waals surface area contributed by atoms with E-state index in [1.165, 1.54) is 4.31 Å². The van der Waals surface area contributed by atoms with Crippen molar-refractivity contribution < 1.29 is 8.42 Å². The van der Waals surface area contributed by atoms with Gasteiger partial charge in [-0.2, -0.15) is 4.31 Å². The van der Waals surface area contributed by atoms with Gasteiger partial charge in [0.2, 0.25) is 10.0 Å². The largest absolute Gasteiger partial charge is 0.243 e. The lowest BCUT2D eigenvalue weighted by atomic mass is 10.1. The molecule has 21 heavy (non-hydrogen) atoms. The van der Waals surface area contributed by atoms with E-state index < -0.39 is 10.0 Å². The number of rotatable bonds is 4. The minimum absolute atomic E-state index is 0.269. The third kappa shape index (κ3) is 3.56. The van der Waals surface area contributed by atoms with E-state index in [1.54, 1.807) is 31.3 Å². The molecular weight excluding hydrogens is 418 g/mol. The Bertz CT molecular complexity index is 730. The lowest BCUT2D eigenvalue weighted by Crippen LogP contribution is -2.30. The van der Waals surface area contributed by atoms with Crippen LogP contribution in [0.15, 0.2) is 62.4 Å². The van der Waals surface area contributed by atoms with Crippen molar-refractivity contribution in [1.29, 1.82) is 0 Å². The van der Waals surface area contributed by atoms with Crippen LogP contribution in [-0.2, 0) is 10.0 Å². The molecule has 0 radical (unpaired) electrons. The molecule has 0 bridgehead atoms. The Labute approximate surface area is 142 Å². The molecule has 0 fully saturated rings. The van der Waals surface area contributed by atoms with Gasteiger partial charge in [0, 0.05) is 22.0 Å². The first kappa shape index (κ1) is 16.7. The Morgan fingerprint density at radius 1 is 1.00 bits per heavy atom. The van der Waals surface area contributed by atoms with Gasteiger partial charge in [-0.3, -0.25) is 0 Å². The van der Waals surface area contributed by atoms with Crippen molar-refractivity contribution in [2.45, 2.75) is 17.9 Å². The summed E-state index contributed by atoms with van der Waals surface area (Å²) in [5.74, 6) is 0. The van der Waals surface area contributed by atoms with Crippen LogP contribution in [0.25, 0.3) is 0 Å². The van der Waals surface area contributed by atoms with Crippen LogP contribution in [0.1, 0.15) is 18.5 Å². The Balaban J connectivity index is 2.36. The molecule has 1 unspecified atom stereocenters. The second kappa shape index (κ2) is 6.60. The van der Waals surface area contributed by atoms with E-state index in [9.17, 15) is 8.42 Å². The first-order valence-corrected chi connectivity index (χ1v) is 9.34. The molecule has 0 amide bonds. The number of hydrogen-bond acceptors (Lipinski definition) is 2. The SMILES string of the molecule is CC(c1ccccc1Br)N(C)S(=O)(=O)c1ccc(Br)cc1. The van der Waals surface area contributed by atoms with Crippen LogP contribution in [0.5, 0.6) is 0 Å². The second-order valence-corrected chi connectivity index (χ2v) is 8.44. The Morgan fingerprint density at radius 3 is 2.14 bits per heavy atom. The van der Waals surface area contributed by atoms with Crippen molar-refractivity contribution in [2.75, 3.05) is 7.05 Å². The quantitative estimate of drug-likeness (QED) is 0.708. The van der Waals surface area contributed by atoms with E-state index >= 15 is 0 Å². The molecule has 0 saturated heterocycles. The number of sulfonamides is 1. The topological polar surface area (TPSA) is 37.4 Å². The van der Waals surface area contributed by atoms with Crippen LogP contribution >= 0.6 is 31.9 Å². The van der Waals surface area contributed by atoms with E-state index in [1.807, 2.05) is 31.2 Å². The zero-order valence-corrected chi connectivity index (χ0v) is 15.6. The Hall–Kier alpha value is -0.690. The van der Waals surface area contributed by atoms with Gasteiger partial charge in [0.25, 0.3) is 0 Å². The Kier molecular flexibility index (Phi) is 5.24. The predicted octanol–water partition coefficient (Wildman–Crippen LogP) is 4.59. The average Bonchev–Trinajstić information content (AvgIpc) is 2.46. The number of hydrogen-bond donors (Lipinski definition) is 0. The minimum atomic E-state index is -3.53. The summed E-state index contributed by atoms with van der Waals surface area (Å²) in [6.07, 6.45) is 0. The van der Waals surface area contributed by atoms with Crippen LogP contribution in [0.2, 0.25) is 0 Å². The highest BCUT2D eigenvalue weighted by Gasteiger charge is 2.27. The number of halogens is 2. The zero-order chi connectivity index (χ0) is 15.6. The zero-order valence-electron chi connectivity index (χ0n) is 11.6. The summed E-state index contributed by atoms with van der Waals surface area (Å²) in [7, 11) is -1.93. The third-order valence-corrected chi connectivity index (χ3v) is 6.58. The third-order valence-electron chi connectivity index (χ3n) is 3.39. The van der Waals surface area contributed by atoms with Gasteiger partial charge in [0.15, 0.2) is 0 Å². The van der Waals surface area contributed by atoms with Crippen LogP contribution in [0.3, 0.4) is 0 Å². The van der Waals surface area contributed by atoms with Crippen LogP contribution in [-0.4, -0.2) is 19.8 Å². The molecule has 0 spiro atoms. The van der Waals surface area contributed by atoms with E-state index in [0.717, 1.165) is 14.5 Å². The molecule has 1 atom stereocenters. The van der Waals surface area contributed by atoms with E-state index in [4.69, 9.17) is 0 Å². The van der Waals surface area contributed by atoms with Crippen molar-refractivity contribution in [2.24, 2.45) is 0 Å². The highest BCUT2D eigenvalue weighted by atomic mass is 79.9. The van der Waals surface area contributed by atoms with E-state index in [2.05, 4.69) is 31.9 Å². The summed E-state index contributed by atoms with van der Waals surface area (Å²) in [6, 6.07) is 14.0. The molecule has 0 heterocycles. The smallest absolute Gasteiger partial charge is 0.207 e. The molecule has 0 aliphatic carbocycles. The summed E-state index contributed by atoms with van der Waals surface area (Å²) in [4.78, 5) is 0.284. The van der Waals surface area contributed by atoms with Gasteiger partial charge >= 0.3 is 0 Å². The number of nitrogens with zero attached hydrogens (tertiary/aromatic N) is 1. The van der Waals surface area contributed by atoms with E-state index in [0.29, 0.717) is 0 Å².